The Labute approximate surface area is 114 Å². The summed E-state index contributed by atoms with van der Waals surface area (Å²) in [7, 11) is 0. The predicted molar refractivity (Wildman–Crippen MR) is 73.3 cm³/mol. The van der Waals surface area contributed by atoms with E-state index in [1.54, 1.807) is 17.0 Å². The average Bonchev–Trinajstić information content (AvgIpc) is 3.17. The van der Waals surface area contributed by atoms with E-state index in [2.05, 4.69) is 20.3 Å². The Morgan fingerprint density at radius 1 is 0.900 bits per heavy atom. The van der Waals surface area contributed by atoms with Gasteiger partial charge in [0, 0.05) is 18.0 Å². The zero-order chi connectivity index (χ0) is 13.4. The van der Waals surface area contributed by atoms with Crippen molar-refractivity contribution in [2.45, 2.75) is 0 Å². The molecule has 4 aromatic rings. The van der Waals surface area contributed by atoms with Gasteiger partial charge >= 0.3 is 0 Å². The molecule has 0 atom stereocenters. The van der Waals surface area contributed by atoms with Gasteiger partial charge in [0.2, 0.25) is 0 Å². The van der Waals surface area contributed by atoms with Crippen molar-refractivity contribution in [2.24, 2.45) is 0 Å². The van der Waals surface area contributed by atoms with E-state index in [0.29, 0.717) is 5.65 Å². The lowest BCUT2D eigenvalue weighted by atomic mass is 10.2. The Morgan fingerprint density at radius 3 is 2.60 bits per heavy atom. The number of aromatic nitrogens is 6. The van der Waals surface area contributed by atoms with Crippen LogP contribution in [0.2, 0.25) is 0 Å². The molecule has 3 aromatic heterocycles. The Bertz CT molecular complexity index is 848. The van der Waals surface area contributed by atoms with E-state index in [1.165, 1.54) is 0 Å². The fourth-order valence-electron chi connectivity index (χ4n) is 2.08. The quantitative estimate of drug-likeness (QED) is 0.554. The molecule has 0 N–H and O–H groups in total. The summed E-state index contributed by atoms with van der Waals surface area (Å²) >= 11 is 0. The molecule has 0 radical (unpaired) electrons. The zero-order valence-electron chi connectivity index (χ0n) is 10.5. The van der Waals surface area contributed by atoms with Crippen molar-refractivity contribution in [1.29, 1.82) is 0 Å². The summed E-state index contributed by atoms with van der Waals surface area (Å²) in [5, 5.41) is 12.9. The first-order valence-corrected chi connectivity index (χ1v) is 6.18. The van der Waals surface area contributed by atoms with Crippen molar-refractivity contribution in [1.82, 2.24) is 29.4 Å². The van der Waals surface area contributed by atoms with Crippen LogP contribution in [0.3, 0.4) is 0 Å². The number of hydrogen-bond acceptors (Lipinski definition) is 4. The van der Waals surface area contributed by atoms with Gasteiger partial charge in [0.15, 0.2) is 17.3 Å². The van der Waals surface area contributed by atoms with E-state index in [-0.39, 0.29) is 0 Å². The summed E-state index contributed by atoms with van der Waals surface area (Å²) in [4.78, 5) is 4.03. The molecule has 0 saturated carbocycles. The molecule has 0 aliphatic rings. The minimum Gasteiger partial charge on any atom is -0.289 e. The highest BCUT2D eigenvalue weighted by atomic mass is 15.4. The van der Waals surface area contributed by atoms with Gasteiger partial charge in [-0.15, -0.1) is 15.3 Å². The summed E-state index contributed by atoms with van der Waals surface area (Å²) < 4.78 is 3.58. The number of nitrogens with zero attached hydrogens (tertiary/aromatic N) is 6. The monoisotopic (exact) mass is 262 g/mol. The third-order valence-electron chi connectivity index (χ3n) is 3.05. The molecule has 0 amide bonds. The van der Waals surface area contributed by atoms with Gasteiger partial charge in [-0.2, -0.15) is 4.52 Å². The second-order valence-corrected chi connectivity index (χ2v) is 4.32. The Balaban J connectivity index is 1.93. The summed E-state index contributed by atoms with van der Waals surface area (Å²) in [5.41, 5.74) is 1.70. The molecule has 6 nitrogen and oxygen atoms in total. The summed E-state index contributed by atoms with van der Waals surface area (Å²) in [5.74, 6) is 1.49. The standard InChI is InChI=1S/C14H10N6/c1-2-4-11(5-3-1)14-17-16-12-6-7-13(18-20(12)14)19-9-8-15-10-19/h1-10H. The first kappa shape index (κ1) is 10.9. The predicted octanol–water partition coefficient (Wildman–Crippen LogP) is 1.98. The van der Waals surface area contributed by atoms with Crippen LogP contribution in [-0.4, -0.2) is 29.4 Å². The molecular formula is C14H10N6. The Kier molecular flexibility index (Phi) is 2.32. The Morgan fingerprint density at radius 2 is 1.80 bits per heavy atom. The van der Waals surface area contributed by atoms with Crippen molar-refractivity contribution < 1.29 is 0 Å². The Hall–Kier alpha value is -3.02. The maximum atomic E-state index is 4.57. The minimum atomic E-state index is 0.715. The van der Waals surface area contributed by atoms with Crippen LogP contribution in [0.1, 0.15) is 0 Å². The molecule has 0 aliphatic carbocycles. The number of benzene rings is 1. The van der Waals surface area contributed by atoms with Crippen molar-refractivity contribution >= 4 is 5.65 Å². The normalized spacial score (nSPS) is 11.0. The number of rotatable bonds is 2. The largest absolute Gasteiger partial charge is 0.289 e. The molecule has 96 valence electrons. The molecule has 3 heterocycles. The van der Waals surface area contributed by atoms with Gasteiger partial charge < -0.3 is 0 Å². The highest BCUT2D eigenvalue weighted by molar-refractivity contribution is 5.58. The van der Waals surface area contributed by atoms with Gasteiger partial charge in [0.25, 0.3) is 0 Å². The molecule has 0 unspecified atom stereocenters. The summed E-state index contributed by atoms with van der Waals surface area (Å²) in [6.45, 7) is 0. The van der Waals surface area contributed by atoms with Gasteiger partial charge in [0.05, 0.1) is 0 Å². The van der Waals surface area contributed by atoms with Crippen LogP contribution in [0.5, 0.6) is 0 Å². The molecule has 0 bridgehead atoms. The van der Waals surface area contributed by atoms with E-state index in [1.807, 2.05) is 53.2 Å². The lowest BCUT2D eigenvalue weighted by Gasteiger charge is -2.03. The molecule has 20 heavy (non-hydrogen) atoms. The molecule has 1 aromatic carbocycles. The lowest BCUT2D eigenvalue weighted by Crippen LogP contribution is -2.01. The molecule has 0 saturated heterocycles. The van der Waals surface area contributed by atoms with E-state index in [0.717, 1.165) is 17.2 Å². The second kappa shape index (κ2) is 4.27. The maximum Gasteiger partial charge on any atom is 0.185 e. The molecular weight excluding hydrogens is 252 g/mol. The third-order valence-corrected chi connectivity index (χ3v) is 3.05. The topological polar surface area (TPSA) is 60.9 Å². The highest BCUT2D eigenvalue weighted by Gasteiger charge is 2.09. The zero-order valence-corrected chi connectivity index (χ0v) is 10.5. The van der Waals surface area contributed by atoms with Crippen LogP contribution in [0.15, 0.2) is 61.2 Å². The van der Waals surface area contributed by atoms with Crippen LogP contribution in [0, 0.1) is 0 Å². The van der Waals surface area contributed by atoms with Gasteiger partial charge in [-0.3, -0.25) is 4.57 Å². The molecule has 0 fully saturated rings. The number of imidazole rings is 1. The molecule has 0 aliphatic heterocycles. The summed E-state index contributed by atoms with van der Waals surface area (Å²) in [6, 6.07) is 13.7. The van der Waals surface area contributed by atoms with E-state index in [4.69, 9.17) is 0 Å². The number of fused-ring (bicyclic) bond motifs is 1. The van der Waals surface area contributed by atoms with E-state index >= 15 is 0 Å². The van der Waals surface area contributed by atoms with Crippen molar-refractivity contribution in [3.63, 3.8) is 0 Å². The SMILES string of the molecule is c1ccc(-c2nnc3ccc(-n4ccnc4)nn23)cc1. The summed E-state index contributed by atoms with van der Waals surface area (Å²) in [6.07, 6.45) is 5.28. The smallest absolute Gasteiger partial charge is 0.185 e. The average molecular weight is 262 g/mol. The number of hydrogen-bond donors (Lipinski definition) is 0. The van der Waals surface area contributed by atoms with Gasteiger partial charge in [0.1, 0.15) is 6.33 Å². The van der Waals surface area contributed by atoms with Crippen molar-refractivity contribution in [2.75, 3.05) is 0 Å². The fourth-order valence-corrected chi connectivity index (χ4v) is 2.08. The van der Waals surface area contributed by atoms with Crippen LogP contribution in [-0.2, 0) is 0 Å². The second-order valence-electron chi connectivity index (χ2n) is 4.32. The lowest BCUT2D eigenvalue weighted by molar-refractivity contribution is 0.865. The van der Waals surface area contributed by atoms with E-state index < -0.39 is 0 Å². The van der Waals surface area contributed by atoms with E-state index in [9.17, 15) is 0 Å². The van der Waals surface area contributed by atoms with Crippen LogP contribution in [0.4, 0.5) is 0 Å². The van der Waals surface area contributed by atoms with Crippen molar-refractivity contribution in [3.8, 4) is 17.2 Å². The molecule has 0 spiro atoms. The first-order chi connectivity index (χ1) is 9.92. The van der Waals surface area contributed by atoms with Crippen LogP contribution >= 0.6 is 0 Å². The fraction of sp³-hybridized carbons (Fsp3) is 0. The van der Waals surface area contributed by atoms with Gasteiger partial charge in [-0.05, 0) is 12.1 Å². The molecule has 4 rings (SSSR count). The third kappa shape index (κ3) is 1.66. The van der Waals surface area contributed by atoms with Gasteiger partial charge in [-0.1, -0.05) is 30.3 Å². The molecule has 6 heteroatoms. The maximum absolute atomic E-state index is 4.57. The van der Waals surface area contributed by atoms with Crippen LogP contribution in [0.25, 0.3) is 22.9 Å². The first-order valence-electron chi connectivity index (χ1n) is 6.18. The van der Waals surface area contributed by atoms with Crippen LogP contribution < -0.4 is 0 Å². The van der Waals surface area contributed by atoms with Gasteiger partial charge in [-0.25, -0.2) is 4.98 Å². The minimum absolute atomic E-state index is 0.715. The van der Waals surface area contributed by atoms with Crippen molar-refractivity contribution in [3.05, 3.63) is 61.2 Å². The highest BCUT2D eigenvalue weighted by Crippen LogP contribution is 2.17.